The maximum Gasteiger partial charge on any atom is -0.0105 e. The lowest BCUT2D eigenvalue weighted by molar-refractivity contribution is 0.867. The van der Waals surface area contributed by atoms with Gasteiger partial charge in [0, 0.05) is 0 Å². The molecule has 3 aromatic rings. The van der Waals surface area contributed by atoms with Crippen LogP contribution in [0.1, 0.15) is 50.7 Å². The summed E-state index contributed by atoms with van der Waals surface area (Å²) >= 11 is 0. The quantitative estimate of drug-likeness (QED) is 0.475. The summed E-state index contributed by atoms with van der Waals surface area (Å²) in [6.07, 6.45) is 0. The standard InChI is InChI=1S/C24H26/c1-17(2)19-12-14-20(15-13-19)23-10-5-6-11-24(23)22-9-7-8-21(16-22)18(3)4/h5-18H,1-4H3. The van der Waals surface area contributed by atoms with Crippen molar-refractivity contribution in [1.82, 2.24) is 0 Å². The zero-order valence-corrected chi connectivity index (χ0v) is 15.1. The molecule has 0 nitrogen and oxygen atoms in total. The number of benzene rings is 3. The third-order valence-corrected chi connectivity index (χ3v) is 4.68. The second kappa shape index (κ2) is 7.05. The van der Waals surface area contributed by atoms with Gasteiger partial charge in [-0.1, -0.05) is 100 Å². The smallest absolute Gasteiger partial charge is 0.0105 e. The van der Waals surface area contributed by atoms with Gasteiger partial charge in [-0.3, -0.25) is 0 Å². The SMILES string of the molecule is CC(C)c1ccc(-c2ccccc2-c2cccc(C(C)C)c2)cc1. The van der Waals surface area contributed by atoms with Gasteiger partial charge in [0.15, 0.2) is 0 Å². The molecule has 0 N–H and O–H groups in total. The maximum atomic E-state index is 2.33. The van der Waals surface area contributed by atoms with E-state index in [9.17, 15) is 0 Å². The molecule has 0 saturated heterocycles. The monoisotopic (exact) mass is 314 g/mol. The highest BCUT2D eigenvalue weighted by Gasteiger charge is 2.09. The first-order valence-electron chi connectivity index (χ1n) is 8.86. The summed E-state index contributed by atoms with van der Waals surface area (Å²) in [4.78, 5) is 0. The van der Waals surface area contributed by atoms with Crippen LogP contribution in [0, 0.1) is 0 Å². The third kappa shape index (κ3) is 3.43. The molecular weight excluding hydrogens is 288 g/mol. The van der Waals surface area contributed by atoms with Gasteiger partial charge in [0.2, 0.25) is 0 Å². The van der Waals surface area contributed by atoms with Crippen LogP contribution in [0.3, 0.4) is 0 Å². The molecule has 0 spiro atoms. The predicted octanol–water partition coefficient (Wildman–Crippen LogP) is 7.27. The van der Waals surface area contributed by atoms with Crippen LogP contribution in [0.5, 0.6) is 0 Å². The van der Waals surface area contributed by atoms with E-state index in [-0.39, 0.29) is 0 Å². The largest absolute Gasteiger partial charge is 0.0616 e. The van der Waals surface area contributed by atoms with Crippen molar-refractivity contribution >= 4 is 0 Å². The number of hydrogen-bond donors (Lipinski definition) is 0. The topological polar surface area (TPSA) is 0 Å². The van der Waals surface area contributed by atoms with Crippen molar-refractivity contribution < 1.29 is 0 Å². The zero-order chi connectivity index (χ0) is 17.1. The lowest BCUT2D eigenvalue weighted by Crippen LogP contribution is -1.91. The molecule has 0 aliphatic carbocycles. The van der Waals surface area contributed by atoms with E-state index >= 15 is 0 Å². The fourth-order valence-corrected chi connectivity index (χ4v) is 3.10. The van der Waals surface area contributed by atoms with Crippen molar-refractivity contribution in [3.05, 3.63) is 83.9 Å². The molecule has 122 valence electrons. The molecule has 0 fully saturated rings. The Hall–Kier alpha value is -2.34. The van der Waals surface area contributed by atoms with E-state index < -0.39 is 0 Å². The normalized spacial score (nSPS) is 11.2. The summed E-state index contributed by atoms with van der Waals surface area (Å²) in [6.45, 7) is 8.96. The Morgan fingerprint density at radius 3 is 1.67 bits per heavy atom. The summed E-state index contributed by atoms with van der Waals surface area (Å²) < 4.78 is 0. The summed E-state index contributed by atoms with van der Waals surface area (Å²) in [6, 6.07) is 26.6. The minimum absolute atomic E-state index is 0.544. The van der Waals surface area contributed by atoms with Crippen LogP contribution in [0.4, 0.5) is 0 Å². The van der Waals surface area contributed by atoms with Crippen LogP contribution in [-0.2, 0) is 0 Å². The molecule has 0 bridgehead atoms. The summed E-state index contributed by atoms with van der Waals surface area (Å²) in [5, 5.41) is 0. The first-order valence-corrected chi connectivity index (χ1v) is 8.86. The number of hydrogen-bond acceptors (Lipinski definition) is 0. The Labute approximate surface area is 146 Å². The van der Waals surface area contributed by atoms with Crippen molar-refractivity contribution in [2.45, 2.75) is 39.5 Å². The van der Waals surface area contributed by atoms with E-state index in [0.29, 0.717) is 11.8 Å². The molecule has 24 heavy (non-hydrogen) atoms. The summed E-state index contributed by atoms with van der Waals surface area (Å²) in [5.74, 6) is 1.11. The Morgan fingerprint density at radius 2 is 1.08 bits per heavy atom. The highest BCUT2D eigenvalue weighted by molar-refractivity contribution is 5.83. The van der Waals surface area contributed by atoms with Gasteiger partial charge in [0.1, 0.15) is 0 Å². The molecule has 3 rings (SSSR count). The van der Waals surface area contributed by atoms with Crippen molar-refractivity contribution in [2.75, 3.05) is 0 Å². The van der Waals surface area contributed by atoms with Crippen LogP contribution in [0.15, 0.2) is 72.8 Å². The van der Waals surface area contributed by atoms with E-state index in [0.717, 1.165) is 0 Å². The van der Waals surface area contributed by atoms with E-state index in [4.69, 9.17) is 0 Å². The Kier molecular flexibility index (Phi) is 4.85. The summed E-state index contributed by atoms with van der Waals surface area (Å²) in [7, 11) is 0. The molecule has 0 saturated carbocycles. The molecule has 0 radical (unpaired) electrons. The van der Waals surface area contributed by atoms with Gasteiger partial charge in [-0.25, -0.2) is 0 Å². The zero-order valence-electron chi connectivity index (χ0n) is 15.1. The Balaban J connectivity index is 2.07. The minimum Gasteiger partial charge on any atom is -0.0616 e. The minimum atomic E-state index is 0.544. The predicted molar refractivity (Wildman–Crippen MR) is 105 cm³/mol. The van der Waals surface area contributed by atoms with E-state index in [1.54, 1.807) is 0 Å². The van der Waals surface area contributed by atoms with Crippen LogP contribution in [0.2, 0.25) is 0 Å². The Bertz CT molecular complexity index is 807. The molecule has 3 aromatic carbocycles. The van der Waals surface area contributed by atoms with Gasteiger partial charge in [0.25, 0.3) is 0 Å². The fraction of sp³-hybridized carbons (Fsp3) is 0.250. The van der Waals surface area contributed by atoms with E-state index in [1.165, 1.54) is 33.4 Å². The van der Waals surface area contributed by atoms with Gasteiger partial charge < -0.3 is 0 Å². The van der Waals surface area contributed by atoms with Gasteiger partial charge in [-0.2, -0.15) is 0 Å². The molecule has 0 aromatic heterocycles. The highest BCUT2D eigenvalue weighted by Crippen LogP contribution is 2.33. The molecule has 0 heterocycles. The van der Waals surface area contributed by atoms with Gasteiger partial charge in [0.05, 0.1) is 0 Å². The van der Waals surface area contributed by atoms with Crippen LogP contribution < -0.4 is 0 Å². The van der Waals surface area contributed by atoms with Crippen LogP contribution in [-0.4, -0.2) is 0 Å². The average molecular weight is 314 g/mol. The van der Waals surface area contributed by atoms with Crippen LogP contribution in [0.25, 0.3) is 22.3 Å². The molecule has 0 aliphatic heterocycles. The third-order valence-electron chi connectivity index (χ3n) is 4.68. The first kappa shape index (κ1) is 16.5. The van der Waals surface area contributed by atoms with Crippen molar-refractivity contribution in [3.63, 3.8) is 0 Å². The lowest BCUT2D eigenvalue weighted by Gasteiger charge is -2.13. The van der Waals surface area contributed by atoms with Gasteiger partial charge in [-0.15, -0.1) is 0 Å². The second-order valence-corrected chi connectivity index (χ2v) is 7.10. The van der Waals surface area contributed by atoms with Crippen molar-refractivity contribution in [2.24, 2.45) is 0 Å². The van der Waals surface area contributed by atoms with Gasteiger partial charge in [-0.05, 0) is 45.2 Å². The average Bonchev–Trinajstić information content (AvgIpc) is 2.62. The van der Waals surface area contributed by atoms with Crippen molar-refractivity contribution in [1.29, 1.82) is 0 Å². The first-order chi connectivity index (χ1) is 11.6. The van der Waals surface area contributed by atoms with E-state index in [2.05, 4.69) is 100 Å². The molecular formula is C24H26. The molecule has 0 aliphatic rings. The van der Waals surface area contributed by atoms with Gasteiger partial charge >= 0.3 is 0 Å². The molecule has 0 heteroatoms. The summed E-state index contributed by atoms with van der Waals surface area (Å²) in [5.41, 5.74) is 7.95. The molecule has 0 atom stereocenters. The molecule has 0 unspecified atom stereocenters. The number of rotatable bonds is 4. The Morgan fingerprint density at radius 1 is 0.500 bits per heavy atom. The van der Waals surface area contributed by atoms with E-state index in [1.807, 2.05) is 0 Å². The second-order valence-electron chi connectivity index (χ2n) is 7.10. The van der Waals surface area contributed by atoms with Crippen LogP contribution >= 0.6 is 0 Å². The fourth-order valence-electron chi connectivity index (χ4n) is 3.10. The molecule has 0 amide bonds. The van der Waals surface area contributed by atoms with Crippen molar-refractivity contribution in [3.8, 4) is 22.3 Å². The lowest BCUT2D eigenvalue weighted by atomic mass is 9.91. The maximum absolute atomic E-state index is 2.33. The highest BCUT2D eigenvalue weighted by atomic mass is 14.1.